The van der Waals surface area contributed by atoms with Crippen LogP contribution in [0.5, 0.6) is 5.75 Å². The first-order valence-corrected chi connectivity index (χ1v) is 7.19. The Labute approximate surface area is 122 Å². The van der Waals surface area contributed by atoms with Crippen molar-refractivity contribution >= 4 is 0 Å². The molecule has 0 unspecified atom stereocenters. The van der Waals surface area contributed by atoms with Gasteiger partial charge in [0, 0.05) is 0 Å². The second-order valence-corrected chi connectivity index (χ2v) is 4.75. The lowest BCUT2D eigenvalue weighted by Crippen LogP contribution is -1.86. The van der Waals surface area contributed by atoms with Gasteiger partial charge in [-0.1, -0.05) is 61.9 Å². The van der Waals surface area contributed by atoms with Crippen LogP contribution in [-0.2, 0) is 12.8 Å². The topological polar surface area (TPSA) is 20.2 Å². The maximum absolute atomic E-state index is 8.63. The Morgan fingerprint density at radius 2 is 1.55 bits per heavy atom. The fourth-order valence-corrected chi connectivity index (χ4v) is 1.82. The Balaban J connectivity index is 0.000000240. The molecule has 2 aromatic carbocycles. The molecule has 0 aliphatic carbocycles. The van der Waals surface area contributed by atoms with Gasteiger partial charge >= 0.3 is 0 Å². The average molecular weight is 268 g/mol. The maximum atomic E-state index is 8.63. The highest BCUT2D eigenvalue weighted by Crippen LogP contribution is 2.08. The van der Waals surface area contributed by atoms with E-state index in [2.05, 4.69) is 37.8 Å². The summed E-state index contributed by atoms with van der Waals surface area (Å²) in [6.07, 6.45) is 6.70. The predicted molar refractivity (Wildman–Crippen MR) is 87.1 cm³/mol. The summed E-state index contributed by atoms with van der Waals surface area (Å²) in [6.45, 7) is 5.96. The van der Waals surface area contributed by atoms with Crippen LogP contribution in [0.3, 0.4) is 0 Å². The smallest absolute Gasteiger partial charge is 0.115 e. The second kappa shape index (κ2) is 9.85. The predicted octanol–water partition coefficient (Wildman–Crippen LogP) is 5.15. The van der Waals surface area contributed by atoms with E-state index in [1.54, 1.807) is 24.3 Å². The summed E-state index contributed by atoms with van der Waals surface area (Å²) in [7, 11) is 0. The number of phenolic OH excluding ortho intramolecular Hbond substituents is 1. The third-order valence-corrected chi connectivity index (χ3v) is 2.98. The number of unbranched alkanes of at least 4 members (excludes halogenated alkanes) is 1. The number of hydrogen-bond donors (Lipinski definition) is 1. The molecular formula is C19H24O. The SMILES string of the molecule is C=CCc1ccc(CCCC)cc1.Oc1ccccc1. The molecule has 0 aliphatic rings. The van der Waals surface area contributed by atoms with Crippen LogP contribution in [0, 0.1) is 0 Å². The Morgan fingerprint density at radius 1 is 0.950 bits per heavy atom. The van der Waals surface area contributed by atoms with Gasteiger partial charge in [0.2, 0.25) is 0 Å². The molecule has 0 saturated heterocycles. The molecule has 0 atom stereocenters. The van der Waals surface area contributed by atoms with Crippen LogP contribution in [-0.4, -0.2) is 5.11 Å². The summed E-state index contributed by atoms with van der Waals surface area (Å²) in [6, 6.07) is 17.6. The van der Waals surface area contributed by atoms with Crippen molar-refractivity contribution in [1.29, 1.82) is 0 Å². The summed E-state index contributed by atoms with van der Waals surface area (Å²) >= 11 is 0. The van der Waals surface area contributed by atoms with Crippen molar-refractivity contribution in [2.24, 2.45) is 0 Å². The third-order valence-electron chi connectivity index (χ3n) is 2.98. The number of hydrogen-bond acceptors (Lipinski definition) is 1. The first-order chi connectivity index (χ1) is 9.76. The van der Waals surface area contributed by atoms with Gasteiger partial charge in [0.1, 0.15) is 5.75 Å². The lowest BCUT2D eigenvalue weighted by Gasteiger charge is -2.01. The Hall–Kier alpha value is -2.02. The van der Waals surface area contributed by atoms with Gasteiger partial charge in [-0.3, -0.25) is 0 Å². The van der Waals surface area contributed by atoms with Gasteiger partial charge in [0.15, 0.2) is 0 Å². The maximum Gasteiger partial charge on any atom is 0.115 e. The highest BCUT2D eigenvalue weighted by atomic mass is 16.3. The van der Waals surface area contributed by atoms with E-state index >= 15 is 0 Å². The van der Waals surface area contributed by atoms with Crippen molar-refractivity contribution in [3.05, 3.63) is 78.4 Å². The summed E-state index contributed by atoms with van der Waals surface area (Å²) in [4.78, 5) is 0. The molecule has 106 valence electrons. The van der Waals surface area contributed by atoms with Crippen molar-refractivity contribution in [3.63, 3.8) is 0 Å². The molecule has 0 heterocycles. The number of aryl methyl sites for hydroxylation is 1. The summed E-state index contributed by atoms with van der Waals surface area (Å²) in [5.74, 6) is 0.322. The zero-order valence-corrected chi connectivity index (χ0v) is 12.3. The van der Waals surface area contributed by atoms with Crippen LogP contribution in [0.2, 0.25) is 0 Å². The lowest BCUT2D eigenvalue weighted by atomic mass is 10.1. The van der Waals surface area contributed by atoms with Crippen molar-refractivity contribution in [2.45, 2.75) is 32.6 Å². The number of rotatable bonds is 5. The molecule has 1 nitrogen and oxygen atoms in total. The van der Waals surface area contributed by atoms with Crippen LogP contribution in [0.1, 0.15) is 30.9 Å². The van der Waals surface area contributed by atoms with Crippen LogP contribution in [0.25, 0.3) is 0 Å². The first-order valence-electron chi connectivity index (χ1n) is 7.19. The second-order valence-electron chi connectivity index (χ2n) is 4.75. The highest BCUT2D eigenvalue weighted by Gasteiger charge is 1.92. The van der Waals surface area contributed by atoms with Gasteiger partial charge in [-0.25, -0.2) is 0 Å². The molecule has 1 N–H and O–H groups in total. The lowest BCUT2D eigenvalue weighted by molar-refractivity contribution is 0.475. The van der Waals surface area contributed by atoms with E-state index in [1.165, 1.54) is 30.4 Å². The largest absolute Gasteiger partial charge is 0.508 e. The molecule has 0 fully saturated rings. The van der Waals surface area contributed by atoms with E-state index in [1.807, 2.05) is 12.1 Å². The van der Waals surface area contributed by atoms with Crippen LogP contribution in [0.15, 0.2) is 67.3 Å². The van der Waals surface area contributed by atoms with Gasteiger partial charge in [-0.15, -0.1) is 6.58 Å². The molecule has 0 bridgehead atoms. The minimum atomic E-state index is 0.322. The van der Waals surface area contributed by atoms with Crippen molar-refractivity contribution < 1.29 is 5.11 Å². The average Bonchev–Trinajstić information content (AvgIpc) is 2.48. The normalized spacial score (nSPS) is 9.45. The van der Waals surface area contributed by atoms with E-state index in [0.717, 1.165) is 6.42 Å². The quantitative estimate of drug-likeness (QED) is 0.743. The first kappa shape index (κ1) is 16.0. The molecule has 0 radical (unpaired) electrons. The summed E-state index contributed by atoms with van der Waals surface area (Å²) in [5, 5.41) is 8.63. The van der Waals surface area contributed by atoms with Gasteiger partial charge in [-0.2, -0.15) is 0 Å². The molecule has 0 aromatic heterocycles. The minimum absolute atomic E-state index is 0.322. The van der Waals surface area contributed by atoms with E-state index in [4.69, 9.17) is 5.11 Å². The number of allylic oxidation sites excluding steroid dienone is 1. The minimum Gasteiger partial charge on any atom is -0.508 e. The van der Waals surface area contributed by atoms with E-state index in [-0.39, 0.29) is 0 Å². The molecule has 0 amide bonds. The van der Waals surface area contributed by atoms with Crippen molar-refractivity contribution in [2.75, 3.05) is 0 Å². The van der Waals surface area contributed by atoms with E-state index < -0.39 is 0 Å². The molecule has 0 aliphatic heterocycles. The molecule has 0 saturated carbocycles. The zero-order chi connectivity index (χ0) is 14.6. The van der Waals surface area contributed by atoms with Crippen LogP contribution in [0.4, 0.5) is 0 Å². The van der Waals surface area contributed by atoms with E-state index in [0.29, 0.717) is 5.75 Å². The van der Waals surface area contributed by atoms with Crippen LogP contribution >= 0.6 is 0 Å². The molecule has 2 rings (SSSR count). The van der Waals surface area contributed by atoms with Crippen LogP contribution < -0.4 is 0 Å². The summed E-state index contributed by atoms with van der Waals surface area (Å²) < 4.78 is 0. The highest BCUT2D eigenvalue weighted by molar-refractivity contribution is 5.24. The van der Waals surface area contributed by atoms with Crippen molar-refractivity contribution in [3.8, 4) is 5.75 Å². The fraction of sp³-hybridized carbons (Fsp3) is 0.263. The van der Waals surface area contributed by atoms with Gasteiger partial charge in [0.05, 0.1) is 0 Å². The number of aromatic hydroxyl groups is 1. The van der Waals surface area contributed by atoms with Gasteiger partial charge in [0.25, 0.3) is 0 Å². The van der Waals surface area contributed by atoms with Gasteiger partial charge < -0.3 is 5.11 Å². The standard InChI is InChI=1S/C13H18.C6H6O/c1-3-5-7-13-10-8-12(6-4-2)9-11-13;7-6-4-2-1-3-5-6/h4,8-11H,2-3,5-7H2,1H3;1-5,7H. The molecular weight excluding hydrogens is 244 g/mol. The number of para-hydroxylation sites is 1. The molecule has 20 heavy (non-hydrogen) atoms. The number of phenols is 1. The van der Waals surface area contributed by atoms with Crippen molar-refractivity contribution in [1.82, 2.24) is 0 Å². The van der Waals surface area contributed by atoms with Gasteiger partial charge in [-0.05, 0) is 42.5 Å². The molecule has 1 heteroatoms. The Bertz CT molecular complexity index is 471. The fourth-order valence-electron chi connectivity index (χ4n) is 1.82. The summed E-state index contributed by atoms with van der Waals surface area (Å²) in [5.41, 5.74) is 2.81. The zero-order valence-electron chi connectivity index (χ0n) is 12.3. The molecule has 2 aromatic rings. The monoisotopic (exact) mass is 268 g/mol. The number of benzene rings is 2. The van der Waals surface area contributed by atoms with E-state index in [9.17, 15) is 0 Å². The third kappa shape index (κ3) is 6.79. The Kier molecular flexibility index (Phi) is 7.90. The Morgan fingerprint density at radius 3 is 2.00 bits per heavy atom. The molecule has 0 spiro atoms.